The minimum absolute atomic E-state index is 0.0932. The molecule has 0 unspecified atom stereocenters. The van der Waals surface area contributed by atoms with Crippen molar-refractivity contribution in [1.82, 2.24) is 0 Å². The van der Waals surface area contributed by atoms with Gasteiger partial charge in [-0.05, 0) is 18.2 Å². The Kier molecular flexibility index (Phi) is 3.81. The van der Waals surface area contributed by atoms with E-state index in [2.05, 4.69) is 15.9 Å². The van der Waals surface area contributed by atoms with Crippen molar-refractivity contribution in [2.45, 2.75) is 6.92 Å². The maximum absolute atomic E-state index is 12.7. The lowest BCUT2D eigenvalue weighted by Gasteiger charge is -2.09. The van der Waals surface area contributed by atoms with E-state index in [0.29, 0.717) is 16.5 Å². The van der Waals surface area contributed by atoms with Gasteiger partial charge in [0, 0.05) is 17.0 Å². The number of hydrogen-bond acceptors (Lipinski definition) is 4. The normalized spacial score (nSPS) is 10.6. The molecular weight excluding hydrogens is 348 g/mol. The maximum atomic E-state index is 12.7. The molecule has 0 radical (unpaired) electrons. The van der Waals surface area contributed by atoms with E-state index < -0.39 is 5.97 Å². The number of esters is 1. The van der Waals surface area contributed by atoms with Gasteiger partial charge >= 0.3 is 5.97 Å². The standard InChI is InChI=1S/C17H11BrO4/c1-10(19)21-17-15(20)13-9-12(18)7-8-14(13)22-16(17)11-5-3-2-4-6-11/h2-9H,1H3. The second-order valence-corrected chi connectivity index (χ2v) is 5.61. The van der Waals surface area contributed by atoms with Crippen LogP contribution in [0.15, 0.2) is 62.2 Å². The fourth-order valence-electron chi connectivity index (χ4n) is 2.17. The number of carbonyl (C=O) groups is 1. The Morgan fingerprint density at radius 1 is 1.14 bits per heavy atom. The fourth-order valence-corrected chi connectivity index (χ4v) is 2.53. The van der Waals surface area contributed by atoms with Crippen LogP contribution in [-0.2, 0) is 4.79 Å². The highest BCUT2D eigenvalue weighted by molar-refractivity contribution is 9.10. The van der Waals surface area contributed by atoms with Gasteiger partial charge in [0.2, 0.25) is 11.2 Å². The molecule has 2 aromatic carbocycles. The van der Waals surface area contributed by atoms with Crippen LogP contribution in [0.2, 0.25) is 0 Å². The average molecular weight is 359 g/mol. The van der Waals surface area contributed by atoms with E-state index in [0.717, 1.165) is 4.47 Å². The molecule has 0 N–H and O–H groups in total. The quantitative estimate of drug-likeness (QED) is 0.645. The summed E-state index contributed by atoms with van der Waals surface area (Å²) in [5.41, 5.74) is 0.722. The van der Waals surface area contributed by atoms with E-state index in [1.807, 2.05) is 18.2 Å². The predicted molar refractivity (Wildman–Crippen MR) is 86.9 cm³/mol. The molecule has 22 heavy (non-hydrogen) atoms. The summed E-state index contributed by atoms with van der Waals surface area (Å²) in [7, 11) is 0. The van der Waals surface area contributed by atoms with Crippen molar-refractivity contribution >= 4 is 32.9 Å². The Bertz CT molecular complexity index is 913. The highest BCUT2D eigenvalue weighted by Gasteiger charge is 2.19. The Hall–Kier alpha value is -2.40. The van der Waals surface area contributed by atoms with E-state index in [-0.39, 0.29) is 16.9 Å². The van der Waals surface area contributed by atoms with Gasteiger partial charge in [0.05, 0.1) is 5.39 Å². The summed E-state index contributed by atoms with van der Waals surface area (Å²) in [5.74, 6) is -0.418. The number of rotatable bonds is 2. The minimum Gasteiger partial charge on any atom is -0.452 e. The predicted octanol–water partition coefficient (Wildman–Crippen LogP) is 4.15. The minimum atomic E-state index is -0.571. The van der Waals surface area contributed by atoms with Crippen LogP contribution in [-0.4, -0.2) is 5.97 Å². The third kappa shape index (κ3) is 2.67. The van der Waals surface area contributed by atoms with E-state index in [1.165, 1.54) is 6.92 Å². The number of fused-ring (bicyclic) bond motifs is 1. The maximum Gasteiger partial charge on any atom is 0.308 e. The van der Waals surface area contributed by atoms with Crippen molar-refractivity contribution in [1.29, 1.82) is 0 Å². The van der Waals surface area contributed by atoms with Crippen molar-refractivity contribution in [2.24, 2.45) is 0 Å². The molecule has 0 aliphatic carbocycles. The summed E-state index contributed by atoms with van der Waals surface area (Å²) < 4.78 is 11.7. The second-order valence-electron chi connectivity index (χ2n) is 4.69. The lowest BCUT2D eigenvalue weighted by Crippen LogP contribution is -2.13. The first-order valence-corrected chi connectivity index (χ1v) is 7.36. The summed E-state index contributed by atoms with van der Waals surface area (Å²) in [6.45, 7) is 1.25. The van der Waals surface area contributed by atoms with Crippen LogP contribution in [0.5, 0.6) is 5.75 Å². The third-order valence-electron chi connectivity index (χ3n) is 3.09. The SMILES string of the molecule is CC(=O)Oc1c(-c2ccccc2)oc2ccc(Br)cc2c1=O. The first-order valence-electron chi connectivity index (χ1n) is 6.56. The molecule has 5 heteroatoms. The molecule has 0 aliphatic heterocycles. The molecule has 1 heterocycles. The Morgan fingerprint density at radius 3 is 2.55 bits per heavy atom. The third-order valence-corrected chi connectivity index (χ3v) is 3.59. The molecule has 0 fully saturated rings. The van der Waals surface area contributed by atoms with Crippen LogP contribution in [0.1, 0.15) is 6.92 Å². The smallest absolute Gasteiger partial charge is 0.308 e. The van der Waals surface area contributed by atoms with Crippen LogP contribution >= 0.6 is 15.9 Å². The molecule has 0 atom stereocenters. The summed E-state index contributed by atoms with van der Waals surface area (Å²) >= 11 is 3.32. The number of ether oxygens (including phenoxy) is 1. The highest BCUT2D eigenvalue weighted by atomic mass is 79.9. The first-order chi connectivity index (χ1) is 10.6. The van der Waals surface area contributed by atoms with Crippen LogP contribution in [0.4, 0.5) is 0 Å². The van der Waals surface area contributed by atoms with Gasteiger partial charge in [-0.15, -0.1) is 0 Å². The lowest BCUT2D eigenvalue weighted by molar-refractivity contribution is -0.131. The van der Waals surface area contributed by atoms with Crippen LogP contribution in [0.25, 0.3) is 22.3 Å². The Labute approximate surface area is 134 Å². The van der Waals surface area contributed by atoms with Gasteiger partial charge in [-0.3, -0.25) is 9.59 Å². The van der Waals surface area contributed by atoms with Crippen molar-refractivity contribution < 1.29 is 13.9 Å². The zero-order chi connectivity index (χ0) is 15.7. The molecular formula is C17H11BrO4. The van der Waals surface area contributed by atoms with Gasteiger partial charge in [0.25, 0.3) is 0 Å². The fraction of sp³-hybridized carbons (Fsp3) is 0.0588. The first kappa shape index (κ1) is 14.5. The molecule has 3 rings (SSSR count). The van der Waals surface area contributed by atoms with Gasteiger partial charge in [0.15, 0.2) is 5.76 Å². The molecule has 0 spiro atoms. The topological polar surface area (TPSA) is 56.5 Å². The Balaban J connectivity index is 2.37. The zero-order valence-corrected chi connectivity index (χ0v) is 13.2. The highest BCUT2D eigenvalue weighted by Crippen LogP contribution is 2.31. The lowest BCUT2D eigenvalue weighted by atomic mass is 10.1. The van der Waals surface area contributed by atoms with Crippen molar-refractivity contribution in [3.63, 3.8) is 0 Å². The summed E-state index contributed by atoms with van der Waals surface area (Å²) in [5, 5.41) is 0.352. The number of halogens is 1. The van der Waals surface area contributed by atoms with Crippen LogP contribution in [0.3, 0.4) is 0 Å². The molecule has 0 bridgehead atoms. The molecule has 0 saturated carbocycles. The largest absolute Gasteiger partial charge is 0.452 e. The van der Waals surface area contributed by atoms with Gasteiger partial charge in [-0.25, -0.2) is 0 Å². The Morgan fingerprint density at radius 2 is 1.86 bits per heavy atom. The van der Waals surface area contributed by atoms with Crippen molar-refractivity contribution in [3.05, 3.63) is 63.2 Å². The van der Waals surface area contributed by atoms with Gasteiger partial charge in [0.1, 0.15) is 5.58 Å². The van der Waals surface area contributed by atoms with E-state index in [9.17, 15) is 9.59 Å². The zero-order valence-electron chi connectivity index (χ0n) is 11.6. The molecule has 0 aliphatic rings. The molecule has 4 nitrogen and oxygen atoms in total. The molecule has 3 aromatic rings. The molecule has 0 amide bonds. The number of hydrogen-bond donors (Lipinski definition) is 0. The van der Waals surface area contributed by atoms with E-state index in [1.54, 1.807) is 30.3 Å². The van der Waals surface area contributed by atoms with Crippen molar-refractivity contribution in [3.8, 4) is 17.1 Å². The van der Waals surface area contributed by atoms with Crippen molar-refractivity contribution in [2.75, 3.05) is 0 Å². The van der Waals surface area contributed by atoms with Crippen LogP contribution in [0, 0.1) is 0 Å². The van der Waals surface area contributed by atoms with Crippen LogP contribution < -0.4 is 10.2 Å². The average Bonchev–Trinajstić information content (AvgIpc) is 2.51. The van der Waals surface area contributed by atoms with Gasteiger partial charge in [-0.2, -0.15) is 0 Å². The van der Waals surface area contributed by atoms with Gasteiger partial charge in [-0.1, -0.05) is 46.3 Å². The monoisotopic (exact) mass is 358 g/mol. The molecule has 0 saturated heterocycles. The second kappa shape index (κ2) is 5.77. The van der Waals surface area contributed by atoms with E-state index >= 15 is 0 Å². The number of benzene rings is 2. The summed E-state index contributed by atoms with van der Waals surface area (Å²) in [6.07, 6.45) is 0. The number of carbonyl (C=O) groups excluding carboxylic acids is 1. The van der Waals surface area contributed by atoms with Gasteiger partial charge < -0.3 is 9.15 Å². The summed E-state index contributed by atoms with van der Waals surface area (Å²) in [6, 6.07) is 14.2. The van der Waals surface area contributed by atoms with E-state index in [4.69, 9.17) is 9.15 Å². The molecule has 110 valence electrons. The summed E-state index contributed by atoms with van der Waals surface area (Å²) in [4.78, 5) is 24.0. The molecule has 1 aromatic heterocycles.